The van der Waals surface area contributed by atoms with E-state index in [1.807, 2.05) is 0 Å². The van der Waals surface area contributed by atoms with Crippen LogP contribution in [-0.4, -0.2) is 106 Å². The lowest BCUT2D eigenvalue weighted by atomic mass is 9.81. The third-order valence-corrected chi connectivity index (χ3v) is 10.00. The highest BCUT2D eigenvalue weighted by Gasteiger charge is 2.35. The van der Waals surface area contributed by atoms with E-state index >= 15 is 0 Å². The number of aliphatic imine (C=N–C) groups is 1. The van der Waals surface area contributed by atoms with Crippen molar-refractivity contribution in [1.29, 1.82) is 0 Å². The fourth-order valence-corrected chi connectivity index (χ4v) is 6.70. The summed E-state index contributed by atoms with van der Waals surface area (Å²) in [5, 5.41) is 31.4. The molecule has 62 heavy (non-hydrogen) atoms. The number of hydrogen-bond acceptors (Lipinski definition) is 11. The third-order valence-electron chi connectivity index (χ3n) is 10.00. The Kier molecular flexibility index (Phi) is 30.3. The standard InChI is InChI=1S/C40H61N7O10.C3H8.2CH4/c1-5-11-36(54)45-31-15-9-14-27(34(52)21-29(23(2)48)24(3)49)19-35(53)30(25(4)50)20-28(51)22-44-37(55)33(18-26-12-7-6-8-13-26)47-39(57)32(46-38(31)56)16-10-17-43-40(41)42;1-3-2;;/h6-8,12-13,23,25,27,29-33,48,50H,5,9-11,14-22H2,1-4H3,(H,44,55)(H,45,54)(H,46,56)(H,47,57)(H4,41,42,43);3H2,1-2H3;2*1H4. The largest absolute Gasteiger partial charge is 0.393 e. The Labute approximate surface area is 368 Å². The van der Waals surface area contributed by atoms with Gasteiger partial charge in [0.15, 0.2) is 11.7 Å². The molecule has 1 aromatic rings. The number of ketones is 4. The second-order valence-corrected chi connectivity index (χ2v) is 15.6. The van der Waals surface area contributed by atoms with Crippen LogP contribution in [-0.2, 0) is 44.8 Å². The zero-order valence-corrected chi connectivity index (χ0v) is 36.2. The average Bonchev–Trinajstić information content (AvgIpc) is 3.17. The van der Waals surface area contributed by atoms with Crippen LogP contribution >= 0.6 is 0 Å². The fourth-order valence-electron chi connectivity index (χ4n) is 6.70. The zero-order chi connectivity index (χ0) is 45.4. The summed E-state index contributed by atoms with van der Waals surface area (Å²) in [5.41, 5.74) is 11.6. The number of amides is 4. The Morgan fingerprint density at radius 1 is 0.887 bits per heavy atom. The Balaban J connectivity index is 0. The van der Waals surface area contributed by atoms with Crippen molar-refractivity contribution in [1.82, 2.24) is 21.3 Å². The minimum Gasteiger partial charge on any atom is -0.393 e. The molecule has 352 valence electrons. The van der Waals surface area contributed by atoms with Crippen LogP contribution in [0.15, 0.2) is 35.3 Å². The Morgan fingerprint density at radius 3 is 2.05 bits per heavy atom. The van der Waals surface area contributed by atoms with Gasteiger partial charge in [-0.15, -0.1) is 0 Å². The van der Waals surface area contributed by atoms with Crippen LogP contribution in [0, 0.1) is 17.8 Å². The molecule has 8 atom stereocenters. The first-order chi connectivity index (χ1) is 28.3. The first-order valence-electron chi connectivity index (χ1n) is 21.1. The van der Waals surface area contributed by atoms with Gasteiger partial charge < -0.3 is 42.9 Å². The summed E-state index contributed by atoms with van der Waals surface area (Å²) in [7, 11) is 0. The van der Waals surface area contributed by atoms with Crippen molar-refractivity contribution in [2.75, 3.05) is 13.1 Å². The number of aliphatic hydroxyl groups excluding tert-OH is 2. The summed E-state index contributed by atoms with van der Waals surface area (Å²) in [5.74, 6) is -8.18. The highest BCUT2D eigenvalue weighted by atomic mass is 16.3. The molecule has 17 heteroatoms. The van der Waals surface area contributed by atoms with E-state index in [-0.39, 0.29) is 78.7 Å². The SMILES string of the molecule is C.C.CCC.CCCC(=O)NC1CCCC(C(=O)CC(C(C)=O)C(C)O)CC(=O)C(C(C)O)CC(=O)CNC(=O)C(Cc2ccccc2)NC(=O)C(CCCN=C(N)N)NC1=O. The second kappa shape index (κ2) is 31.8. The number of hydrogen-bond donors (Lipinski definition) is 8. The molecule has 0 aliphatic carbocycles. The Bertz CT molecular complexity index is 1600. The molecule has 0 bridgehead atoms. The topological polar surface area (TPSA) is 290 Å². The quantitative estimate of drug-likeness (QED) is 0.0717. The summed E-state index contributed by atoms with van der Waals surface area (Å²) in [6, 6.07) is 5.16. The molecular formula is C45H77N7O10. The lowest BCUT2D eigenvalue weighted by Gasteiger charge is -2.26. The van der Waals surface area contributed by atoms with Crippen molar-refractivity contribution >= 4 is 52.7 Å². The molecule has 1 heterocycles. The monoisotopic (exact) mass is 876 g/mol. The predicted molar refractivity (Wildman–Crippen MR) is 240 cm³/mol. The first kappa shape index (κ1) is 59.1. The molecule has 8 unspecified atom stereocenters. The van der Waals surface area contributed by atoms with Gasteiger partial charge in [-0.25, -0.2) is 0 Å². The van der Waals surface area contributed by atoms with Crippen molar-refractivity contribution in [2.45, 2.75) is 164 Å². The van der Waals surface area contributed by atoms with E-state index in [0.29, 0.717) is 12.0 Å². The van der Waals surface area contributed by atoms with Gasteiger partial charge in [0.25, 0.3) is 0 Å². The van der Waals surface area contributed by atoms with Crippen molar-refractivity contribution < 1.29 is 48.6 Å². The number of nitrogens with one attached hydrogen (secondary N) is 4. The van der Waals surface area contributed by atoms with Crippen LogP contribution < -0.4 is 32.7 Å². The summed E-state index contributed by atoms with van der Waals surface area (Å²) in [4.78, 5) is 111. The van der Waals surface area contributed by atoms with Gasteiger partial charge in [-0.05, 0) is 58.4 Å². The highest BCUT2D eigenvalue weighted by Crippen LogP contribution is 2.25. The molecule has 2 rings (SSSR count). The van der Waals surface area contributed by atoms with E-state index in [2.05, 4.69) is 40.1 Å². The van der Waals surface area contributed by atoms with E-state index in [4.69, 9.17) is 11.5 Å². The molecule has 0 aromatic heterocycles. The minimum atomic E-state index is -1.31. The molecule has 1 aliphatic heterocycles. The number of nitrogens with two attached hydrogens (primary N) is 2. The maximum Gasteiger partial charge on any atom is 0.243 e. The van der Waals surface area contributed by atoms with Crippen LogP contribution in [0.2, 0.25) is 0 Å². The zero-order valence-electron chi connectivity index (χ0n) is 36.2. The van der Waals surface area contributed by atoms with Crippen molar-refractivity contribution in [3.05, 3.63) is 35.9 Å². The van der Waals surface area contributed by atoms with Crippen LogP contribution in [0.4, 0.5) is 0 Å². The van der Waals surface area contributed by atoms with Crippen molar-refractivity contribution in [3.8, 4) is 0 Å². The van der Waals surface area contributed by atoms with Crippen LogP contribution in [0.25, 0.3) is 0 Å². The number of carbonyl (C=O) groups excluding carboxylic acids is 8. The van der Waals surface area contributed by atoms with E-state index in [1.54, 1.807) is 37.3 Å². The minimum absolute atomic E-state index is 0. The maximum atomic E-state index is 13.9. The molecule has 1 aliphatic rings. The summed E-state index contributed by atoms with van der Waals surface area (Å²) < 4.78 is 0. The maximum absolute atomic E-state index is 13.9. The molecule has 1 saturated heterocycles. The van der Waals surface area contributed by atoms with Crippen LogP contribution in [0.3, 0.4) is 0 Å². The van der Waals surface area contributed by atoms with Gasteiger partial charge in [0.1, 0.15) is 35.5 Å². The van der Waals surface area contributed by atoms with Crippen LogP contribution in [0.1, 0.15) is 133 Å². The smallest absolute Gasteiger partial charge is 0.243 e. The summed E-state index contributed by atoms with van der Waals surface area (Å²) in [6.07, 6.45) is -1.47. The van der Waals surface area contributed by atoms with Crippen molar-refractivity contribution in [2.24, 2.45) is 34.2 Å². The number of benzene rings is 1. The van der Waals surface area contributed by atoms with Gasteiger partial charge in [-0.1, -0.05) is 78.8 Å². The van der Waals surface area contributed by atoms with Gasteiger partial charge in [0.05, 0.1) is 24.7 Å². The molecule has 0 radical (unpaired) electrons. The molecule has 0 saturated carbocycles. The molecule has 17 nitrogen and oxygen atoms in total. The summed E-state index contributed by atoms with van der Waals surface area (Å²) >= 11 is 0. The van der Waals surface area contributed by atoms with Gasteiger partial charge >= 0.3 is 0 Å². The van der Waals surface area contributed by atoms with E-state index in [0.717, 1.165) is 0 Å². The molecule has 0 spiro atoms. The highest BCUT2D eigenvalue weighted by molar-refractivity contribution is 5.97. The van der Waals surface area contributed by atoms with E-state index < -0.39 is 114 Å². The molecule has 10 N–H and O–H groups in total. The number of aliphatic hydroxyl groups is 2. The Hall–Kier alpha value is -5.03. The lowest BCUT2D eigenvalue weighted by Crippen LogP contribution is -2.57. The van der Waals surface area contributed by atoms with Crippen molar-refractivity contribution in [3.63, 3.8) is 0 Å². The van der Waals surface area contributed by atoms with E-state index in [1.165, 1.54) is 27.2 Å². The third kappa shape index (κ3) is 22.7. The average molecular weight is 876 g/mol. The first-order valence-corrected chi connectivity index (χ1v) is 21.1. The van der Waals surface area contributed by atoms with Gasteiger partial charge in [-0.3, -0.25) is 43.3 Å². The number of nitrogens with zero attached hydrogens (tertiary/aromatic N) is 1. The number of Topliss-reactive ketones (excluding diaryl/α,β-unsaturated/α-hetero) is 4. The second-order valence-electron chi connectivity index (χ2n) is 15.6. The lowest BCUT2D eigenvalue weighted by molar-refractivity contribution is -0.136. The summed E-state index contributed by atoms with van der Waals surface area (Å²) in [6.45, 7) is 9.58. The fraction of sp³-hybridized carbons (Fsp3) is 0.667. The molecular weight excluding hydrogens is 799 g/mol. The predicted octanol–water partition coefficient (Wildman–Crippen LogP) is 2.60. The van der Waals surface area contributed by atoms with Gasteiger partial charge in [-0.2, -0.15) is 0 Å². The normalized spacial score (nSPS) is 21.9. The van der Waals surface area contributed by atoms with Gasteiger partial charge in [0, 0.05) is 50.5 Å². The number of guanidine groups is 1. The van der Waals surface area contributed by atoms with E-state index in [9.17, 15) is 48.6 Å². The Morgan fingerprint density at radius 2 is 1.50 bits per heavy atom. The van der Waals surface area contributed by atoms with Gasteiger partial charge in [0.2, 0.25) is 23.6 Å². The number of carbonyl (C=O) groups is 8. The molecule has 1 fully saturated rings. The number of rotatable bonds is 15. The molecule has 4 amide bonds. The molecule has 1 aromatic carbocycles. The van der Waals surface area contributed by atoms with Crippen LogP contribution in [0.5, 0.6) is 0 Å².